The highest BCUT2D eigenvalue weighted by Crippen LogP contribution is 2.46. The molecule has 0 radical (unpaired) electrons. The summed E-state index contributed by atoms with van der Waals surface area (Å²) in [4.78, 5) is 0. The van der Waals surface area contributed by atoms with E-state index in [9.17, 15) is 0 Å². The van der Waals surface area contributed by atoms with Crippen LogP contribution in [0.1, 0.15) is 26.7 Å². The van der Waals surface area contributed by atoms with E-state index in [1.807, 2.05) is 23.5 Å². The van der Waals surface area contributed by atoms with Gasteiger partial charge in [-0.2, -0.15) is 0 Å². The fourth-order valence-electron chi connectivity index (χ4n) is 1.48. The summed E-state index contributed by atoms with van der Waals surface area (Å²) in [6.45, 7) is 4.37. The molecule has 0 amide bonds. The second-order valence-corrected chi connectivity index (χ2v) is 6.55. The predicted octanol–water partition coefficient (Wildman–Crippen LogP) is 2.96. The zero-order valence-electron chi connectivity index (χ0n) is 8.21. The van der Waals surface area contributed by atoms with Crippen LogP contribution in [0.2, 0.25) is 0 Å². The summed E-state index contributed by atoms with van der Waals surface area (Å²) in [6, 6.07) is 0. The Labute approximate surface area is 89.4 Å². The first-order valence-corrected chi connectivity index (χ1v) is 6.59. The Hall–Kier alpha value is 0.0600. The van der Waals surface area contributed by atoms with E-state index in [1.165, 1.54) is 17.9 Å². The van der Waals surface area contributed by atoms with Crippen LogP contribution in [0.15, 0.2) is 0 Å². The van der Waals surface area contributed by atoms with Gasteiger partial charge in [0.1, 0.15) is 12.2 Å². The first kappa shape index (κ1) is 11.1. The zero-order chi connectivity index (χ0) is 9.73. The molecule has 0 aliphatic carbocycles. The number of rotatable bonds is 3. The van der Waals surface area contributed by atoms with Crippen molar-refractivity contribution in [3.8, 4) is 12.5 Å². The summed E-state index contributed by atoms with van der Waals surface area (Å²) >= 11 is 3.96. The first-order chi connectivity index (χ1) is 6.23. The van der Waals surface area contributed by atoms with Crippen LogP contribution in [-0.2, 0) is 4.74 Å². The fraction of sp³-hybridized carbons (Fsp3) is 0.800. The SMILES string of the molecule is C#COC(CC)C1(C)SCCCS1. The summed E-state index contributed by atoms with van der Waals surface area (Å²) in [5, 5.41) is 0. The van der Waals surface area contributed by atoms with Crippen molar-refractivity contribution in [3.63, 3.8) is 0 Å². The van der Waals surface area contributed by atoms with E-state index in [0.717, 1.165) is 6.42 Å². The van der Waals surface area contributed by atoms with E-state index >= 15 is 0 Å². The Morgan fingerprint density at radius 2 is 2.15 bits per heavy atom. The minimum absolute atomic E-state index is 0.166. The smallest absolute Gasteiger partial charge is 0.134 e. The van der Waals surface area contributed by atoms with Gasteiger partial charge < -0.3 is 4.74 Å². The van der Waals surface area contributed by atoms with Gasteiger partial charge in [-0.05, 0) is 31.3 Å². The van der Waals surface area contributed by atoms with Gasteiger partial charge in [0.2, 0.25) is 0 Å². The Kier molecular flexibility index (Phi) is 4.34. The maximum absolute atomic E-state index is 5.32. The quantitative estimate of drug-likeness (QED) is 0.671. The Morgan fingerprint density at radius 3 is 2.62 bits per heavy atom. The fourth-order valence-corrected chi connectivity index (χ4v) is 4.68. The lowest BCUT2D eigenvalue weighted by Crippen LogP contribution is -2.36. The Bertz CT molecular complexity index is 192. The molecule has 1 saturated heterocycles. The van der Waals surface area contributed by atoms with Crippen molar-refractivity contribution in [1.29, 1.82) is 0 Å². The molecule has 1 aliphatic heterocycles. The lowest BCUT2D eigenvalue weighted by molar-refractivity contribution is 0.154. The summed E-state index contributed by atoms with van der Waals surface area (Å²) in [5.41, 5.74) is 0. The highest BCUT2D eigenvalue weighted by molar-refractivity contribution is 8.18. The molecule has 1 nitrogen and oxygen atoms in total. The van der Waals surface area contributed by atoms with Crippen LogP contribution in [0.5, 0.6) is 0 Å². The Morgan fingerprint density at radius 1 is 1.54 bits per heavy atom. The van der Waals surface area contributed by atoms with Crippen molar-refractivity contribution in [2.75, 3.05) is 11.5 Å². The maximum atomic E-state index is 5.32. The number of ether oxygens (including phenoxy) is 1. The van der Waals surface area contributed by atoms with E-state index in [2.05, 4.69) is 20.0 Å². The second kappa shape index (κ2) is 5.07. The highest BCUT2D eigenvalue weighted by atomic mass is 32.2. The predicted molar refractivity (Wildman–Crippen MR) is 61.9 cm³/mol. The number of terminal acetylenes is 1. The molecule has 0 aromatic rings. The van der Waals surface area contributed by atoms with Crippen molar-refractivity contribution < 1.29 is 4.74 Å². The van der Waals surface area contributed by atoms with E-state index < -0.39 is 0 Å². The summed E-state index contributed by atoms with van der Waals surface area (Å²) in [7, 11) is 0. The largest absolute Gasteiger partial charge is 0.441 e. The molecule has 0 saturated carbocycles. The van der Waals surface area contributed by atoms with Gasteiger partial charge in [0.05, 0.1) is 4.08 Å². The topological polar surface area (TPSA) is 9.23 Å². The van der Waals surface area contributed by atoms with E-state index in [1.54, 1.807) is 0 Å². The number of hydrogen-bond donors (Lipinski definition) is 0. The van der Waals surface area contributed by atoms with Gasteiger partial charge in [-0.3, -0.25) is 0 Å². The molecule has 0 aromatic heterocycles. The van der Waals surface area contributed by atoms with E-state index in [0.29, 0.717) is 0 Å². The van der Waals surface area contributed by atoms with Gasteiger partial charge in [-0.25, -0.2) is 0 Å². The molecule has 1 rings (SSSR count). The van der Waals surface area contributed by atoms with Gasteiger partial charge in [-0.15, -0.1) is 23.5 Å². The number of thioether (sulfide) groups is 2. The molecule has 1 atom stereocenters. The molecule has 1 fully saturated rings. The van der Waals surface area contributed by atoms with E-state index in [4.69, 9.17) is 11.2 Å². The third-order valence-corrected chi connectivity index (χ3v) is 5.60. The second-order valence-electron chi connectivity index (χ2n) is 3.20. The lowest BCUT2D eigenvalue weighted by Gasteiger charge is -2.37. The molecule has 0 spiro atoms. The van der Waals surface area contributed by atoms with Crippen LogP contribution in [0, 0.1) is 12.5 Å². The van der Waals surface area contributed by atoms with E-state index in [-0.39, 0.29) is 10.2 Å². The molecule has 1 heterocycles. The molecule has 74 valence electrons. The molecule has 1 aliphatic rings. The van der Waals surface area contributed by atoms with Crippen molar-refractivity contribution >= 4 is 23.5 Å². The summed E-state index contributed by atoms with van der Waals surface area (Å²) in [5.74, 6) is 2.46. The van der Waals surface area contributed by atoms with Gasteiger partial charge in [-0.1, -0.05) is 13.3 Å². The van der Waals surface area contributed by atoms with Gasteiger partial charge in [0.25, 0.3) is 0 Å². The third kappa shape index (κ3) is 2.75. The number of hydrogen-bond acceptors (Lipinski definition) is 3. The van der Waals surface area contributed by atoms with Crippen LogP contribution in [0.3, 0.4) is 0 Å². The molecule has 0 N–H and O–H groups in total. The summed E-state index contributed by atoms with van der Waals surface area (Å²) in [6.07, 6.45) is 9.97. The third-order valence-electron chi connectivity index (χ3n) is 2.23. The van der Waals surface area contributed by atoms with Crippen LogP contribution >= 0.6 is 23.5 Å². The molecule has 1 unspecified atom stereocenters. The standard InChI is InChI=1S/C10H16OS2/c1-4-9(11-5-2)10(3)12-7-6-8-13-10/h2,9H,4,6-8H2,1,3H3. The van der Waals surface area contributed by atoms with Crippen molar-refractivity contribution in [1.82, 2.24) is 0 Å². The van der Waals surface area contributed by atoms with Gasteiger partial charge >= 0.3 is 0 Å². The molecule has 3 heteroatoms. The van der Waals surface area contributed by atoms with Crippen molar-refractivity contribution in [3.05, 3.63) is 0 Å². The highest BCUT2D eigenvalue weighted by Gasteiger charge is 2.37. The van der Waals surface area contributed by atoms with Gasteiger partial charge in [0.15, 0.2) is 0 Å². The van der Waals surface area contributed by atoms with Crippen LogP contribution in [-0.4, -0.2) is 21.7 Å². The molecular formula is C10H16OS2. The van der Waals surface area contributed by atoms with Crippen molar-refractivity contribution in [2.24, 2.45) is 0 Å². The van der Waals surface area contributed by atoms with Crippen molar-refractivity contribution in [2.45, 2.75) is 36.9 Å². The molecule has 0 bridgehead atoms. The maximum Gasteiger partial charge on any atom is 0.134 e. The Balaban J connectivity index is 2.58. The summed E-state index contributed by atoms with van der Waals surface area (Å²) < 4.78 is 5.49. The first-order valence-electron chi connectivity index (χ1n) is 4.62. The molecular weight excluding hydrogens is 200 g/mol. The van der Waals surface area contributed by atoms with Crippen LogP contribution in [0.4, 0.5) is 0 Å². The average molecular weight is 216 g/mol. The van der Waals surface area contributed by atoms with Gasteiger partial charge in [0, 0.05) is 0 Å². The molecule has 0 aromatic carbocycles. The zero-order valence-corrected chi connectivity index (χ0v) is 9.84. The average Bonchev–Trinajstić information content (AvgIpc) is 2.15. The normalized spacial score (nSPS) is 23.2. The minimum Gasteiger partial charge on any atom is -0.441 e. The monoisotopic (exact) mass is 216 g/mol. The minimum atomic E-state index is 0.166. The molecule has 13 heavy (non-hydrogen) atoms. The lowest BCUT2D eigenvalue weighted by atomic mass is 10.2. The van der Waals surface area contributed by atoms with Crippen LogP contribution in [0.25, 0.3) is 0 Å². The van der Waals surface area contributed by atoms with Crippen LogP contribution < -0.4 is 0 Å².